The van der Waals surface area contributed by atoms with Gasteiger partial charge >= 0.3 is 5.97 Å². The van der Waals surface area contributed by atoms with Crippen molar-refractivity contribution in [2.24, 2.45) is 5.41 Å². The van der Waals surface area contributed by atoms with Gasteiger partial charge in [-0.1, -0.05) is 30.3 Å². The molecule has 0 saturated heterocycles. The van der Waals surface area contributed by atoms with Gasteiger partial charge in [0, 0.05) is 11.1 Å². The summed E-state index contributed by atoms with van der Waals surface area (Å²) in [4.78, 5) is 12.1. The Bertz CT molecular complexity index is 735. The Labute approximate surface area is 141 Å². The SMILES string of the molecule is COC(=O)C12CCC(Nc3ccc(-c4ccccc4)nn3)(CC1)C2. The van der Waals surface area contributed by atoms with Crippen LogP contribution in [0.1, 0.15) is 32.1 Å². The third-order valence-electron chi connectivity index (χ3n) is 5.59. The summed E-state index contributed by atoms with van der Waals surface area (Å²) in [6, 6.07) is 14.0. The van der Waals surface area contributed by atoms with Crippen molar-refractivity contribution in [1.82, 2.24) is 10.2 Å². The zero-order valence-electron chi connectivity index (χ0n) is 13.8. The first-order valence-corrected chi connectivity index (χ1v) is 8.41. The van der Waals surface area contributed by atoms with E-state index in [0.717, 1.165) is 49.2 Å². The molecule has 1 aromatic heterocycles. The third kappa shape index (κ3) is 2.44. The van der Waals surface area contributed by atoms with Gasteiger partial charge in [0.2, 0.25) is 0 Å². The van der Waals surface area contributed by atoms with Crippen molar-refractivity contribution in [1.29, 1.82) is 0 Å². The fourth-order valence-corrected chi connectivity index (χ4v) is 4.30. The number of methoxy groups -OCH3 is 1. The van der Waals surface area contributed by atoms with Crippen LogP contribution in [-0.2, 0) is 9.53 Å². The molecule has 2 aliphatic rings. The number of aromatic nitrogens is 2. The van der Waals surface area contributed by atoms with E-state index in [1.54, 1.807) is 0 Å². The second kappa shape index (κ2) is 5.58. The number of ether oxygens (including phenoxy) is 1. The average Bonchev–Trinajstić information content (AvgIpc) is 3.19. The molecule has 0 atom stereocenters. The first kappa shape index (κ1) is 15.1. The van der Waals surface area contributed by atoms with Crippen molar-refractivity contribution in [2.45, 2.75) is 37.6 Å². The molecule has 4 rings (SSSR count). The van der Waals surface area contributed by atoms with Crippen LogP contribution in [0.5, 0.6) is 0 Å². The first-order valence-electron chi connectivity index (χ1n) is 8.41. The lowest BCUT2D eigenvalue weighted by Gasteiger charge is -2.28. The maximum Gasteiger partial charge on any atom is 0.311 e. The van der Waals surface area contributed by atoms with Gasteiger partial charge in [0.25, 0.3) is 0 Å². The topological polar surface area (TPSA) is 64.1 Å². The molecule has 124 valence electrons. The number of hydrogen-bond acceptors (Lipinski definition) is 5. The molecule has 1 heterocycles. The van der Waals surface area contributed by atoms with Crippen molar-refractivity contribution >= 4 is 11.8 Å². The summed E-state index contributed by atoms with van der Waals surface area (Å²) in [6.45, 7) is 0. The minimum atomic E-state index is -0.293. The van der Waals surface area contributed by atoms with Gasteiger partial charge in [-0.15, -0.1) is 10.2 Å². The molecule has 24 heavy (non-hydrogen) atoms. The van der Waals surface area contributed by atoms with E-state index in [9.17, 15) is 4.79 Å². The van der Waals surface area contributed by atoms with Gasteiger partial charge < -0.3 is 10.1 Å². The second-order valence-corrected chi connectivity index (χ2v) is 7.02. The van der Waals surface area contributed by atoms with Crippen LogP contribution in [0.3, 0.4) is 0 Å². The minimum absolute atomic E-state index is 0.0445. The number of carbonyl (C=O) groups is 1. The fraction of sp³-hybridized carbons (Fsp3) is 0.421. The summed E-state index contributed by atoms with van der Waals surface area (Å²) < 4.78 is 5.02. The van der Waals surface area contributed by atoms with Gasteiger partial charge in [0.1, 0.15) is 5.82 Å². The van der Waals surface area contributed by atoms with Crippen LogP contribution in [0.15, 0.2) is 42.5 Å². The number of fused-ring (bicyclic) bond motifs is 2. The van der Waals surface area contributed by atoms with Crippen LogP contribution in [0, 0.1) is 5.41 Å². The second-order valence-electron chi connectivity index (χ2n) is 7.02. The van der Waals surface area contributed by atoms with Gasteiger partial charge in [0.05, 0.1) is 18.2 Å². The van der Waals surface area contributed by atoms with Crippen molar-refractivity contribution in [3.63, 3.8) is 0 Å². The Morgan fingerprint density at radius 3 is 2.42 bits per heavy atom. The minimum Gasteiger partial charge on any atom is -0.469 e. The van der Waals surface area contributed by atoms with Gasteiger partial charge in [-0.2, -0.15) is 0 Å². The normalized spacial score (nSPS) is 27.9. The molecule has 0 unspecified atom stereocenters. The van der Waals surface area contributed by atoms with Crippen LogP contribution in [-0.4, -0.2) is 28.8 Å². The number of nitrogens with one attached hydrogen (secondary N) is 1. The summed E-state index contributed by atoms with van der Waals surface area (Å²) >= 11 is 0. The van der Waals surface area contributed by atoms with Crippen LogP contribution in [0.25, 0.3) is 11.3 Å². The van der Waals surface area contributed by atoms with Crippen LogP contribution >= 0.6 is 0 Å². The van der Waals surface area contributed by atoms with Crippen molar-refractivity contribution in [3.05, 3.63) is 42.5 Å². The standard InChI is InChI=1S/C19H21N3O2/c1-24-17(23)18-9-11-19(13-18,12-10-18)20-16-8-7-15(21-22-16)14-5-3-2-4-6-14/h2-8H,9-13H2,1H3,(H,20,22). The number of carbonyl (C=O) groups excluding carboxylic acids is 1. The van der Waals surface area contributed by atoms with Gasteiger partial charge in [0.15, 0.2) is 0 Å². The maximum absolute atomic E-state index is 12.1. The van der Waals surface area contributed by atoms with Crippen LogP contribution in [0.2, 0.25) is 0 Å². The first-order chi connectivity index (χ1) is 11.6. The Balaban J connectivity index is 1.50. The molecule has 0 radical (unpaired) electrons. The van der Waals surface area contributed by atoms with Gasteiger partial charge in [-0.25, -0.2) is 0 Å². The fourth-order valence-electron chi connectivity index (χ4n) is 4.30. The molecular formula is C19H21N3O2. The Kier molecular flexibility index (Phi) is 3.52. The van der Waals surface area contributed by atoms with E-state index in [4.69, 9.17) is 4.74 Å². The number of anilines is 1. The van der Waals surface area contributed by atoms with Gasteiger partial charge in [-0.3, -0.25) is 4.79 Å². The molecule has 2 fully saturated rings. The van der Waals surface area contributed by atoms with Crippen molar-refractivity contribution in [3.8, 4) is 11.3 Å². The van der Waals surface area contributed by atoms with E-state index in [2.05, 4.69) is 15.5 Å². The molecule has 2 saturated carbocycles. The highest BCUT2D eigenvalue weighted by Crippen LogP contribution is 2.58. The summed E-state index contributed by atoms with van der Waals surface area (Å²) in [5.41, 5.74) is 1.58. The molecule has 0 spiro atoms. The average molecular weight is 323 g/mol. The van der Waals surface area contributed by atoms with Crippen molar-refractivity contribution in [2.75, 3.05) is 12.4 Å². The molecule has 1 aromatic carbocycles. The maximum atomic E-state index is 12.1. The molecule has 0 amide bonds. The predicted octanol–water partition coefficient (Wildman–Crippen LogP) is 3.43. The highest BCUT2D eigenvalue weighted by Gasteiger charge is 2.58. The number of esters is 1. The predicted molar refractivity (Wildman–Crippen MR) is 91.4 cm³/mol. The molecule has 1 N–H and O–H groups in total. The summed E-state index contributed by atoms with van der Waals surface area (Å²) in [5, 5.41) is 12.2. The van der Waals surface area contributed by atoms with E-state index in [1.807, 2.05) is 42.5 Å². The Hall–Kier alpha value is -2.43. The van der Waals surface area contributed by atoms with E-state index >= 15 is 0 Å². The highest BCUT2D eigenvalue weighted by atomic mass is 16.5. The quantitative estimate of drug-likeness (QED) is 0.873. The zero-order valence-corrected chi connectivity index (χ0v) is 13.8. The molecule has 2 aliphatic carbocycles. The largest absolute Gasteiger partial charge is 0.469 e. The van der Waals surface area contributed by atoms with Crippen LogP contribution in [0.4, 0.5) is 5.82 Å². The lowest BCUT2D eigenvalue weighted by molar-refractivity contribution is -0.152. The Morgan fingerprint density at radius 1 is 1.04 bits per heavy atom. The third-order valence-corrected chi connectivity index (χ3v) is 5.59. The number of hydrogen-bond donors (Lipinski definition) is 1. The molecular weight excluding hydrogens is 302 g/mol. The highest BCUT2D eigenvalue weighted by molar-refractivity contribution is 5.78. The summed E-state index contributed by atoms with van der Waals surface area (Å²) in [5.74, 6) is 0.714. The van der Waals surface area contributed by atoms with Crippen molar-refractivity contribution < 1.29 is 9.53 Å². The lowest BCUT2D eigenvalue weighted by Crippen LogP contribution is -2.33. The Morgan fingerprint density at radius 2 is 1.79 bits per heavy atom. The molecule has 2 bridgehead atoms. The molecule has 5 nitrogen and oxygen atoms in total. The summed E-state index contributed by atoms with van der Waals surface area (Å²) in [7, 11) is 1.48. The van der Waals surface area contributed by atoms with E-state index in [0.29, 0.717) is 0 Å². The monoisotopic (exact) mass is 323 g/mol. The van der Waals surface area contributed by atoms with E-state index in [1.165, 1.54) is 7.11 Å². The number of rotatable bonds is 4. The van der Waals surface area contributed by atoms with E-state index in [-0.39, 0.29) is 16.9 Å². The zero-order chi connectivity index (χ0) is 16.6. The molecule has 2 aromatic rings. The van der Waals surface area contributed by atoms with Gasteiger partial charge in [-0.05, 0) is 44.2 Å². The molecule has 0 aliphatic heterocycles. The van der Waals surface area contributed by atoms with E-state index < -0.39 is 0 Å². The summed E-state index contributed by atoms with van der Waals surface area (Å²) in [6.07, 6.45) is 4.56. The number of nitrogens with zero attached hydrogens (tertiary/aromatic N) is 2. The van der Waals surface area contributed by atoms with Crippen LogP contribution < -0.4 is 5.32 Å². The smallest absolute Gasteiger partial charge is 0.311 e. The lowest BCUT2D eigenvalue weighted by atomic mass is 9.84. The number of benzene rings is 1. The molecule has 5 heteroatoms.